The number of aliphatic hydroxyl groups is 5. The number of phosphoric ester groups is 1. The maximum absolute atomic E-state index is 12.8. The molecule has 61 heavy (non-hydrogen) atoms. The second-order valence-corrected chi connectivity index (χ2v) is 17.3. The Hall–Kier alpha value is -2.45. The molecule has 0 aromatic heterocycles. The van der Waals surface area contributed by atoms with E-state index in [4.69, 9.17) is 18.5 Å². The van der Waals surface area contributed by atoms with Crippen molar-refractivity contribution in [1.29, 1.82) is 0 Å². The highest BCUT2D eigenvalue weighted by Gasteiger charge is 2.51. The minimum absolute atomic E-state index is 0.0171. The van der Waals surface area contributed by atoms with Crippen molar-refractivity contribution in [2.75, 3.05) is 13.2 Å². The summed E-state index contributed by atoms with van der Waals surface area (Å²) in [7, 11) is -5.14. The van der Waals surface area contributed by atoms with Crippen LogP contribution in [-0.2, 0) is 32.7 Å². The molecule has 1 rings (SSSR count). The van der Waals surface area contributed by atoms with Gasteiger partial charge in [0, 0.05) is 12.8 Å². The number of allylic oxidation sites excluding steroid dienone is 10. The molecule has 0 aromatic carbocycles. The molecule has 1 aliphatic rings. The van der Waals surface area contributed by atoms with Crippen molar-refractivity contribution >= 4 is 19.8 Å². The van der Waals surface area contributed by atoms with Gasteiger partial charge in [-0.1, -0.05) is 139 Å². The molecule has 14 heteroatoms. The first-order valence-corrected chi connectivity index (χ1v) is 24.6. The summed E-state index contributed by atoms with van der Waals surface area (Å²) in [5.74, 6) is -1.18. The third kappa shape index (κ3) is 29.5. The molecule has 1 aliphatic carbocycles. The van der Waals surface area contributed by atoms with Crippen LogP contribution in [-0.4, -0.2) is 98.3 Å². The van der Waals surface area contributed by atoms with Gasteiger partial charge < -0.3 is 39.9 Å². The van der Waals surface area contributed by atoms with Crippen LogP contribution in [0.25, 0.3) is 0 Å². The van der Waals surface area contributed by atoms with Gasteiger partial charge in [0.2, 0.25) is 0 Å². The van der Waals surface area contributed by atoms with Gasteiger partial charge in [-0.3, -0.25) is 18.6 Å². The summed E-state index contributed by atoms with van der Waals surface area (Å²) in [6.07, 6.45) is 31.4. The summed E-state index contributed by atoms with van der Waals surface area (Å²) >= 11 is 0. The molecule has 0 amide bonds. The predicted octanol–water partition coefficient (Wildman–Crippen LogP) is 8.94. The fourth-order valence-corrected chi connectivity index (χ4v) is 7.54. The van der Waals surface area contributed by atoms with Crippen LogP contribution in [0.5, 0.6) is 0 Å². The maximum Gasteiger partial charge on any atom is 0.472 e. The Balaban J connectivity index is 2.52. The smallest absolute Gasteiger partial charge is 0.462 e. The number of ether oxygens (including phenoxy) is 2. The number of hydrogen-bond donors (Lipinski definition) is 6. The molecule has 0 spiro atoms. The van der Waals surface area contributed by atoms with Gasteiger partial charge in [-0.15, -0.1) is 0 Å². The molecule has 0 bridgehead atoms. The fraction of sp³-hybridized carbons (Fsp3) is 0.745. The number of carbonyl (C=O) groups is 2. The van der Waals surface area contributed by atoms with Crippen LogP contribution in [0.3, 0.4) is 0 Å². The Kier molecular flexibility index (Phi) is 34.3. The van der Waals surface area contributed by atoms with Crippen molar-refractivity contribution in [2.24, 2.45) is 0 Å². The molecular weight excluding hydrogens is 803 g/mol. The lowest BCUT2D eigenvalue weighted by Gasteiger charge is -2.41. The molecule has 1 fully saturated rings. The second kappa shape index (κ2) is 37.0. The SMILES string of the molecule is CCCCC/C=C/C/C=C/C/C=C/C/C=C/CCCC(=O)OC(COC(=O)CCCCCCC/C=C/CCCCCCCC)COP(=O)(O)OC1C(O)C(O)C(O)C(O)C1O. The summed E-state index contributed by atoms with van der Waals surface area (Å²) in [5, 5.41) is 50.1. The van der Waals surface area contributed by atoms with Crippen LogP contribution in [0.1, 0.15) is 168 Å². The zero-order chi connectivity index (χ0) is 45.0. The van der Waals surface area contributed by atoms with Crippen molar-refractivity contribution in [3.63, 3.8) is 0 Å². The van der Waals surface area contributed by atoms with Gasteiger partial charge in [0.1, 0.15) is 43.2 Å². The molecule has 0 saturated heterocycles. The number of unbranched alkanes of at least 4 members (excludes halogenated alkanes) is 15. The van der Waals surface area contributed by atoms with Crippen molar-refractivity contribution in [2.45, 2.75) is 211 Å². The van der Waals surface area contributed by atoms with E-state index in [2.05, 4.69) is 62.5 Å². The lowest BCUT2D eigenvalue weighted by atomic mass is 9.85. The summed E-state index contributed by atoms with van der Waals surface area (Å²) in [5.41, 5.74) is 0. The average molecular weight is 885 g/mol. The molecule has 1 saturated carbocycles. The van der Waals surface area contributed by atoms with E-state index in [0.717, 1.165) is 64.2 Å². The molecule has 0 aromatic rings. The third-order valence-electron chi connectivity index (χ3n) is 10.3. The monoisotopic (exact) mass is 885 g/mol. The average Bonchev–Trinajstić information content (AvgIpc) is 3.24. The number of hydrogen-bond acceptors (Lipinski definition) is 12. The van der Waals surface area contributed by atoms with E-state index in [1.807, 2.05) is 12.2 Å². The first-order chi connectivity index (χ1) is 29.4. The lowest BCUT2D eigenvalue weighted by molar-refractivity contribution is -0.220. The molecular formula is C47H81O13P. The first kappa shape index (κ1) is 56.6. The maximum atomic E-state index is 12.8. The molecule has 6 unspecified atom stereocenters. The second-order valence-electron chi connectivity index (χ2n) is 15.9. The van der Waals surface area contributed by atoms with Crippen LogP contribution in [0.15, 0.2) is 60.8 Å². The van der Waals surface area contributed by atoms with E-state index in [1.54, 1.807) is 0 Å². The summed E-state index contributed by atoms with van der Waals surface area (Å²) in [6, 6.07) is 0. The third-order valence-corrected chi connectivity index (χ3v) is 11.3. The molecule has 6 N–H and O–H groups in total. The number of aliphatic hydroxyl groups excluding tert-OH is 5. The van der Waals surface area contributed by atoms with Gasteiger partial charge in [0.05, 0.1) is 6.61 Å². The number of rotatable bonds is 37. The van der Waals surface area contributed by atoms with Crippen molar-refractivity contribution in [1.82, 2.24) is 0 Å². The van der Waals surface area contributed by atoms with E-state index in [-0.39, 0.29) is 12.8 Å². The van der Waals surface area contributed by atoms with E-state index in [1.165, 1.54) is 57.8 Å². The topological polar surface area (TPSA) is 210 Å². The van der Waals surface area contributed by atoms with Crippen LogP contribution in [0, 0.1) is 0 Å². The molecule has 352 valence electrons. The Morgan fingerprint density at radius 3 is 1.44 bits per heavy atom. The lowest BCUT2D eigenvalue weighted by Crippen LogP contribution is -2.64. The zero-order valence-electron chi connectivity index (χ0n) is 37.2. The highest BCUT2D eigenvalue weighted by molar-refractivity contribution is 7.47. The van der Waals surface area contributed by atoms with E-state index in [9.17, 15) is 44.6 Å². The summed E-state index contributed by atoms with van der Waals surface area (Å²) < 4.78 is 33.4. The Morgan fingerprint density at radius 1 is 0.508 bits per heavy atom. The van der Waals surface area contributed by atoms with Crippen molar-refractivity contribution in [3.8, 4) is 0 Å². The minimum atomic E-state index is -5.14. The highest BCUT2D eigenvalue weighted by atomic mass is 31.2. The van der Waals surface area contributed by atoms with Gasteiger partial charge >= 0.3 is 19.8 Å². The van der Waals surface area contributed by atoms with E-state index < -0.39 is 75.7 Å². The molecule has 6 atom stereocenters. The Bertz CT molecular complexity index is 1300. The van der Waals surface area contributed by atoms with Crippen molar-refractivity contribution in [3.05, 3.63) is 60.8 Å². The van der Waals surface area contributed by atoms with E-state index in [0.29, 0.717) is 19.3 Å². The normalized spacial score (nSPS) is 22.6. The van der Waals surface area contributed by atoms with Gasteiger partial charge in [0.15, 0.2) is 6.10 Å². The molecule has 0 aliphatic heterocycles. The molecule has 0 heterocycles. The number of carbonyl (C=O) groups excluding carboxylic acids is 2. The van der Waals surface area contributed by atoms with Crippen LogP contribution < -0.4 is 0 Å². The Labute approximate surface area is 366 Å². The summed E-state index contributed by atoms with van der Waals surface area (Å²) in [6.45, 7) is 3.20. The van der Waals surface area contributed by atoms with Crippen LogP contribution >= 0.6 is 7.82 Å². The quantitative estimate of drug-likeness (QED) is 0.0149. The standard InChI is InChI=1S/C47H81O13P/c1-3-5-7-9-11-13-15-17-19-20-22-24-26-28-30-32-34-36-41(49)59-39(38-58-61(55,56)60-47-45(53)43(51)42(50)44(52)46(47)54)37-57-40(48)35-33-31-29-27-25-23-21-18-16-14-12-10-8-6-4-2/h11,13,17-19,21-22,24,28,30,39,42-47,50-54H,3-10,12,14-16,20,23,25-27,29,31-38H2,1-2H3,(H,55,56)/b13-11+,19-17+,21-18+,24-22+,30-28+. The predicted molar refractivity (Wildman–Crippen MR) is 239 cm³/mol. The zero-order valence-corrected chi connectivity index (χ0v) is 38.1. The van der Waals surface area contributed by atoms with Gasteiger partial charge in [-0.25, -0.2) is 4.57 Å². The highest BCUT2D eigenvalue weighted by Crippen LogP contribution is 2.47. The molecule has 13 nitrogen and oxygen atoms in total. The van der Waals surface area contributed by atoms with E-state index >= 15 is 0 Å². The largest absolute Gasteiger partial charge is 0.472 e. The van der Waals surface area contributed by atoms with Gasteiger partial charge in [0.25, 0.3) is 0 Å². The van der Waals surface area contributed by atoms with Crippen molar-refractivity contribution < 1.29 is 63.1 Å². The Morgan fingerprint density at radius 2 is 0.902 bits per heavy atom. The molecule has 0 radical (unpaired) electrons. The van der Waals surface area contributed by atoms with Crippen LogP contribution in [0.2, 0.25) is 0 Å². The van der Waals surface area contributed by atoms with Gasteiger partial charge in [-0.05, 0) is 77.0 Å². The minimum Gasteiger partial charge on any atom is -0.462 e. The van der Waals surface area contributed by atoms with Crippen LogP contribution in [0.4, 0.5) is 0 Å². The van der Waals surface area contributed by atoms with Gasteiger partial charge in [-0.2, -0.15) is 0 Å². The number of phosphoric acid groups is 1. The number of esters is 2. The summed E-state index contributed by atoms with van der Waals surface area (Å²) in [4.78, 5) is 35.7. The first-order valence-electron chi connectivity index (χ1n) is 23.1. The fourth-order valence-electron chi connectivity index (χ4n) is 6.57.